The minimum atomic E-state index is -0.302. The summed E-state index contributed by atoms with van der Waals surface area (Å²) in [5.74, 6) is -0.149. The summed E-state index contributed by atoms with van der Waals surface area (Å²) in [4.78, 5) is 17.3. The van der Waals surface area contributed by atoms with E-state index >= 15 is 0 Å². The summed E-state index contributed by atoms with van der Waals surface area (Å²) in [6.45, 7) is 7.64. The van der Waals surface area contributed by atoms with Crippen LogP contribution in [0.15, 0.2) is 0 Å². The van der Waals surface area contributed by atoms with Crippen LogP contribution in [0.2, 0.25) is 0 Å². The van der Waals surface area contributed by atoms with Gasteiger partial charge in [0.1, 0.15) is 6.61 Å². The molecule has 0 unspecified atom stereocenters. The van der Waals surface area contributed by atoms with Gasteiger partial charge in [-0.1, -0.05) is 0 Å². The average molecular weight is 269 g/mol. The Kier molecular flexibility index (Phi) is 3.99. The number of carbonyl (C=O) groups excluding carboxylic acids is 1. The first-order valence-electron chi connectivity index (χ1n) is 6.07. The maximum atomic E-state index is 11.7. The lowest BCUT2D eigenvalue weighted by Crippen LogP contribution is -2.27. The molecule has 2 heterocycles. The van der Waals surface area contributed by atoms with E-state index in [9.17, 15) is 4.79 Å². The summed E-state index contributed by atoms with van der Waals surface area (Å²) in [7, 11) is 0. The Hall–Kier alpha value is -0.980. The van der Waals surface area contributed by atoms with Gasteiger partial charge in [0.05, 0.1) is 11.3 Å². The predicted octanol–water partition coefficient (Wildman–Crippen LogP) is 1.54. The molecule has 0 radical (unpaired) electrons. The fraction of sp³-hybridized carbons (Fsp3) is 0.667. The number of aromatic nitrogens is 1. The second-order valence-corrected chi connectivity index (χ2v) is 6.35. The van der Waals surface area contributed by atoms with Crippen molar-refractivity contribution in [1.29, 1.82) is 0 Å². The molecule has 1 aromatic rings. The van der Waals surface area contributed by atoms with E-state index in [4.69, 9.17) is 4.74 Å². The van der Waals surface area contributed by atoms with Crippen LogP contribution in [0.3, 0.4) is 0 Å². The highest BCUT2D eigenvalue weighted by molar-refractivity contribution is 7.15. The molecule has 5 nitrogen and oxygen atoms in total. The van der Waals surface area contributed by atoms with E-state index in [1.807, 2.05) is 20.8 Å². The molecule has 2 N–H and O–H groups in total. The van der Waals surface area contributed by atoms with Crippen molar-refractivity contribution >= 4 is 22.4 Å². The molecular formula is C12H19N3O2S. The van der Waals surface area contributed by atoms with Crippen LogP contribution in [-0.2, 0) is 22.5 Å². The summed E-state index contributed by atoms with van der Waals surface area (Å²) in [5.41, 5.74) is 0.800. The minimum Gasteiger partial charge on any atom is -0.366 e. The van der Waals surface area contributed by atoms with E-state index in [-0.39, 0.29) is 18.1 Å². The highest BCUT2D eigenvalue weighted by Crippen LogP contribution is 2.25. The summed E-state index contributed by atoms with van der Waals surface area (Å²) in [5, 5.41) is 6.75. The summed E-state index contributed by atoms with van der Waals surface area (Å²) in [6.07, 6.45) is 0.931. The molecule has 2 rings (SSSR count). The van der Waals surface area contributed by atoms with E-state index in [1.165, 1.54) is 16.2 Å². The number of rotatable bonds is 3. The normalized spacial score (nSPS) is 15.3. The van der Waals surface area contributed by atoms with Crippen molar-refractivity contribution in [1.82, 2.24) is 10.3 Å². The SMILES string of the molecule is CC(C)(C)OCC(=O)Nc1nc2c(s1)CNCC2. The third-order valence-electron chi connectivity index (χ3n) is 2.49. The molecule has 0 fully saturated rings. The van der Waals surface area contributed by atoms with Crippen LogP contribution in [0.5, 0.6) is 0 Å². The quantitative estimate of drug-likeness (QED) is 0.874. The molecule has 1 aliphatic heterocycles. The molecule has 0 aromatic carbocycles. The predicted molar refractivity (Wildman–Crippen MR) is 71.9 cm³/mol. The molecule has 18 heavy (non-hydrogen) atoms. The van der Waals surface area contributed by atoms with Crippen molar-refractivity contribution in [3.8, 4) is 0 Å². The Balaban J connectivity index is 1.89. The van der Waals surface area contributed by atoms with Crippen LogP contribution in [0.4, 0.5) is 5.13 Å². The van der Waals surface area contributed by atoms with E-state index < -0.39 is 0 Å². The van der Waals surface area contributed by atoms with Crippen molar-refractivity contribution in [2.75, 3.05) is 18.5 Å². The average Bonchev–Trinajstić information content (AvgIpc) is 2.67. The van der Waals surface area contributed by atoms with Gasteiger partial charge in [-0.2, -0.15) is 0 Å². The van der Waals surface area contributed by atoms with Crippen LogP contribution in [0.25, 0.3) is 0 Å². The molecule has 1 aromatic heterocycles. The number of fused-ring (bicyclic) bond motifs is 1. The Morgan fingerprint density at radius 2 is 2.33 bits per heavy atom. The Labute approximate surface area is 111 Å². The summed E-state index contributed by atoms with van der Waals surface area (Å²) < 4.78 is 5.42. The minimum absolute atomic E-state index is 0.0615. The van der Waals surface area contributed by atoms with Crippen molar-refractivity contribution in [3.63, 3.8) is 0 Å². The second kappa shape index (κ2) is 5.34. The number of amides is 1. The van der Waals surface area contributed by atoms with Crippen LogP contribution >= 0.6 is 11.3 Å². The number of nitrogens with one attached hydrogen (secondary N) is 2. The van der Waals surface area contributed by atoms with E-state index in [1.54, 1.807) is 0 Å². The second-order valence-electron chi connectivity index (χ2n) is 5.26. The number of nitrogens with zero attached hydrogens (tertiary/aromatic N) is 1. The van der Waals surface area contributed by atoms with Gasteiger partial charge in [-0.05, 0) is 20.8 Å². The molecule has 0 atom stereocenters. The third kappa shape index (κ3) is 3.76. The zero-order valence-electron chi connectivity index (χ0n) is 11.0. The molecule has 1 amide bonds. The van der Waals surface area contributed by atoms with E-state index in [0.717, 1.165) is 25.2 Å². The van der Waals surface area contributed by atoms with Crippen LogP contribution in [-0.4, -0.2) is 29.6 Å². The number of thiazole rings is 1. The molecule has 100 valence electrons. The molecule has 6 heteroatoms. The first kappa shape index (κ1) is 13.5. The third-order valence-corrected chi connectivity index (χ3v) is 3.50. The Bertz CT molecular complexity index is 414. The van der Waals surface area contributed by atoms with Crippen molar-refractivity contribution in [2.45, 2.75) is 39.3 Å². The highest BCUT2D eigenvalue weighted by Gasteiger charge is 2.17. The number of hydrogen-bond donors (Lipinski definition) is 2. The van der Waals surface area contributed by atoms with E-state index in [2.05, 4.69) is 15.6 Å². The molecule has 0 saturated heterocycles. The first-order chi connectivity index (χ1) is 8.44. The van der Waals surface area contributed by atoms with Gasteiger partial charge in [-0.25, -0.2) is 4.98 Å². The maximum Gasteiger partial charge on any atom is 0.252 e. The number of ether oxygens (including phenoxy) is 1. The van der Waals surface area contributed by atoms with Crippen LogP contribution in [0, 0.1) is 0 Å². The van der Waals surface area contributed by atoms with Crippen molar-refractivity contribution < 1.29 is 9.53 Å². The first-order valence-corrected chi connectivity index (χ1v) is 6.89. The fourth-order valence-electron chi connectivity index (χ4n) is 1.62. The van der Waals surface area contributed by atoms with Gasteiger partial charge in [0.25, 0.3) is 5.91 Å². The fourth-order valence-corrected chi connectivity index (χ4v) is 2.61. The van der Waals surface area contributed by atoms with Gasteiger partial charge in [-0.3, -0.25) is 10.1 Å². The lowest BCUT2D eigenvalue weighted by molar-refractivity contribution is -0.125. The van der Waals surface area contributed by atoms with Gasteiger partial charge in [0, 0.05) is 24.4 Å². The Morgan fingerprint density at radius 1 is 1.56 bits per heavy atom. The molecule has 0 saturated carbocycles. The summed E-state index contributed by atoms with van der Waals surface area (Å²) >= 11 is 1.54. The van der Waals surface area contributed by atoms with Gasteiger partial charge >= 0.3 is 0 Å². The zero-order chi connectivity index (χ0) is 13.2. The largest absolute Gasteiger partial charge is 0.366 e. The Morgan fingerprint density at radius 3 is 3.00 bits per heavy atom. The van der Waals surface area contributed by atoms with Gasteiger partial charge < -0.3 is 10.1 Å². The summed E-state index contributed by atoms with van der Waals surface area (Å²) in [6, 6.07) is 0. The molecule has 1 aliphatic rings. The lowest BCUT2D eigenvalue weighted by atomic mass is 10.2. The number of carbonyl (C=O) groups is 1. The van der Waals surface area contributed by atoms with Gasteiger partial charge in [0.15, 0.2) is 5.13 Å². The monoisotopic (exact) mass is 269 g/mol. The van der Waals surface area contributed by atoms with Crippen LogP contribution in [0.1, 0.15) is 31.3 Å². The molecule has 0 aliphatic carbocycles. The van der Waals surface area contributed by atoms with Crippen LogP contribution < -0.4 is 10.6 Å². The zero-order valence-corrected chi connectivity index (χ0v) is 11.8. The van der Waals surface area contributed by atoms with Crippen molar-refractivity contribution in [2.24, 2.45) is 0 Å². The topological polar surface area (TPSA) is 63.2 Å². The molecule has 0 bridgehead atoms. The smallest absolute Gasteiger partial charge is 0.252 e. The number of hydrogen-bond acceptors (Lipinski definition) is 5. The van der Waals surface area contributed by atoms with Crippen molar-refractivity contribution in [3.05, 3.63) is 10.6 Å². The van der Waals surface area contributed by atoms with Gasteiger partial charge in [-0.15, -0.1) is 11.3 Å². The van der Waals surface area contributed by atoms with E-state index in [0.29, 0.717) is 5.13 Å². The highest BCUT2D eigenvalue weighted by atomic mass is 32.1. The standard InChI is InChI=1S/C12H19N3O2S/c1-12(2,3)17-7-10(16)15-11-14-8-4-5-13-6-9(8)18-11/h13H,4-7H2,1-3H3,(H,14,15,16). The van der Waals surface area contributed by atoms with Gasteiger partial charge in [0.2, 0.25) is 0 Å². The molecule has 0 spiro atoms. The maximum absolute atomic E-state index is 11.7. The number of anilines is 1. The molecular weight excluding hydrogens is 250 g/mol. The lowest BCUT2D eigenvalue weighted by Gasteiger charge is -2.18.